The van der Waals surface area contributed by atoms with Crippen molar-refractivity contribution in [3.05, 3.63) is 71.4 Å². The minimum Gasteiger partial charge on any atom is -0.373 e. The van der Waals surface area contributed by atoms with Crippen molar-refractivity contribution in [3.8, 4) is 0 Å². The number of amides is 2. The van der Waals surface area contributed by atoms with Crippen LogP contribution in [-0.4, -0.2) is 22.2 Å². The maximum atomic E-state index is 11.9. The van der Waals surface area contributed by atoms with Crippen LogP contribution in [0.25, 0.3) is 0 Å². The van der Waals surface area contributed by atoms with Gasteiger partial charge in [-0.25, -0.2) is 0 Å². The van der Waals surface area contributed by atoms with Gasteiger partial charge in [0.25, 0.3) is 5.91 Å². The van der Waals surface area contributed by atoms with Crippen LogP contribution >= 0.6 is 11.5 Å². The van der Waals surface area contributed by atoms with Crippen molar-refractivity contribution in [2.45, 2.75) is 19.4 Å². The second-order valence-electron chi connectivity index (χ2n) is 6.37. The Labute approximate surface area is 166 Å². The highest BCUT2D eigenvalue weighted by Gasteiger charge is 2.17. The van der Waals surface area contributed by atoms with Gasteiger partial charge in [-0.2, -0.15) is 4.37 Å². The average Bonchev–Trinajstić information content (AvgIpc) is 3.06. The standard InChI is InChI=1S/C20H21N5O2S/c1-12-9-18(28-25-12)24-16-11-14(7-8-15(16)19(21)26)23-17(20(22)27)10-13-5-3-2-4-6-13/h2-9,11,17,23-24H,10H2,1H3,(H2,21,26)(H2,22,27). The lowest BCUT2D eigenvalue weighted by atomic mass is 10.0. The van der Waals surface area contributed by atoms with Gasteiger partial charge in [0.1, 0.15) is 11.0 Å². The fraction of sp³-hybridized carbons (Fsp3) is 0.150. The molecule has 2 amide bonds. The van der Waals surface area contributed by atoms with Crippen molar-refractivity contribution in [2.75, 3.05) is 10.6 Å². The van der Waals surface area contributed by atoms with E-state index >= 15 is 0 Å². The van der Waals surface area contributed by atoms with Crippen LogP contribution in [0, 0.1) is 6.92 Å². The zero-order chi connectivity index (χ0) is 20.1. The lowest BCUT2D eigenvalue weighted by molar-refractivity contribution is -0.118. The Balaban J connectivity index is 1.85. The number of carbonyl (C=O) groups is 2. The van der Waals surface area contributed by atoms with E-state index in [1.165, 1.54) is 11.5 Å². The summed E-state index contributed by atoms with van der Waals surface area (Å²) < 4.78 is 4.21. The molecule has 0 aliphatic rings. The summed E-state index contributed by atoms with van der Waals surface area (Å²) >= 11 is 1.28. The number of benzene rings is 2. The highest BCUT2D eigenvalue weighted by Crippen LogP contribution is 2.27. The average molecular weight is 395 g/mol. The molecule has 7 nitrogen and oxygen atoms in total. The molecule has 3 aromatic rings. The molecule has 0 saturated carbocycles. The van der Waals surface area contributed by atoms with Gasteiger partial charge in [-0.15, -0.1) is 0 Å². The van der Waals surface area contributed by atoms with Crippen LogP contribution in [0.2, 0.25) is 0 Å². The number of aromatic nitrogens is 1. The molecule has 0 aliphatic heterocycles. The molecule has 0 spiro atoms. The van der Waals surface area contributed by atoms with Crippen LogP contribution in [0.3, 0.4) is 0 Å². The lowest BCUT2D eigenvalue weighted by Gasteiger charge is -2.18. The summed E-state index contributed by atoms with van der Waals surface area (Å²) in [6, 6.07) is 15.9. The summed E-state index contributed by atoms with van der Waals surface area (Å²) in [5.41, 5.74) is 14.5. The van der Waals surface area contributed by atoms with Gasteiger partial charge in [0, 0.05) is 12.1 Å². The topological polar surface area (TPSA) is 123 Å². The van der Waals surface area contributed by atoms with Crippen LogP contribution in [0.5, 0.6) is 0 Å². The summed E-state index contributed by atoms with van der Waals surface area (Å²) in [7, 11) is 0. The predicted octanol–water partition coefficient (Wildman–Crippen LogP) is 2.80. The molecule has 8 heteroatoms. The molecule has 1 aromatic heterocycles. The van der Waals surface area contributed by atoms with E-state index in [1.807, 2.05) is 43.3 Å². The predicted molar refractivity (Wildman–Crippen MR) is 112 cm³/mol. The third-order valence-corrected chi connectivity index (χ3v) is 4.93. The molecule has 2 aromatic carbocycles. The van der Waals surface area contributed by atoms with Crippen LogP contribution in [0.1, 0.15) is 21.6 Å². The molecule has 6 N–H and O–H groups in total. The number of aryl methyl sites for hydroxylation is 1. The Morgan fingerprint density at radius 1 is 1.11 bits per heavy atom. The molecule has 1 heterocycles. The minimum absolute atomic E-state index is 0.343. The van der Waals surface area contributed by atoms with Gasteiger partial charge in [0.15, 0.2) is 0 Å². The third-order valence-electron chi connectivity index (χ3n) is 4.14. The molecule has 3 rings (SSSR count). The molecule has 0 radical (unpaired) electrons. The van der Waals surface area contributed by atoms with Crippen LogP contribution < -0.4 is 22.1 Å². The minimum atomic E-state index is -0.597. The van der Waals surface area contributed by atoms with E-state index in [4.69, 9.17) is 11.5 Å². The van der Waals surface area contributed by atoms with Crippen molar-refractivity contribution >= 4 is 39.7 Å². The fourth-order valence-electron chi connectivity index (χ4n) is 2.78. The smallest absolute Gasteiger partial charge is 0.250 e. The number of hydrogen-bond acceptors (Lipinski definition) is 6. The summed E-state index contributed by atoms with van der Waals surface area (Å²) in [5.74, 6) is -1.01. The van der Waals surface area contributed by atoms with Gasteiger partial charge >= 0.3 is 0 Å². The van der Waals surface area contributed by atoms with Crippen LogP contribution in [0.4, 0.5) is 16.4 Å². The van der Waals surface area contributed by atoms with E-state index in [9.17, 15) is 9.59 Å². The summed E-state index contributed by atoms with van der Waals surface area (Å²) in [5, 5.41) is 7.10. The van der Waals surface area contributed by atoms with E-state index in [0.717, 1.165) is 16.3 Å². The first-order valence-electron chi connectivity index (χ1n) is 8.66. The zero-order valence-corrected chi connectivity index (χ0v) is 16.1. The Hall–Kier alpha value is -3.39. The maximum Gasteiger partial charge on any atom is 0.250 e. The van der Waals surface area contributed by atoms with Gasteiger partial charge in [-0.1, -0.05) is 30.3 Å². The first kappa shape index (κ1) is 19.4. The number of rotatable bonds is 8. The second kappa shape index (κ2) is 8.53. The van der Waals surface area contributed by atoms with Crippen molar-refractivity contribution in [1.82, 2.24) is 4.37 Å². The number of hydrogen-bond donors (Lipinski definition) is 4. The van der Waals surface area contributed by atoms with Gasteiger partial charge in [-0.3, -0.25) is 9.59 Å². The molecule has 0 aliphatic carbocycles. The number of carbonyl (C=O) groups excluding carboxylic acids is 2. The Kier molecular flexibility index (Phi) is 5.90. The molecule has 0 bridgehead atoms. The first-order chi connectivity index (χ1) is 13.4. The highest BCUT2D eigenvalue weighted by atomic mass is 32.1. The quantitative estimate of drug-likeness (QED) is 0.467. The molecule has 0 fully saturated rings. The van der Waals surface area contributed by atoms with E-state index in [-0.39, 0.29) is 0 Å². The SMILES string of the molecule is Cc1cc(Nc2cc(NC(Cc3ccccc3)C(N)=O)ccc2C(N)=O)sn1. The van der Waals surface area contributed by atoms with Crippen molar-refractivity contribution in [1.29, 1.82) is 0 Å². The molecular formula is C20H21N5O2S. The highest BCUT2D eigenvalue weighted by molar-refractivity contribution is 7.10. The normalized spacial score (nSPS) is 11.6. The van der Waals surface area contributed by atoms with E-state index in [2.05, 4.69) is 15.0 Å². The summed E-state index contributed by atoms with van der Waals surface area (Å²) in [6.07, 6.45) is 0.449. The third kappa shape index (κ3) is 4.86. The number of nitrogens with one attached hydrogen (secondary N) is 2. The summed E-state index contributed by atoms with van der Waals surface area (Å²) in [4.78, 5) is 23.7. The number of primary amides is 2. The van der Waals surface area contributed by atoms with E-state index in [0.29, 0.717) is 23.4 Å². The van der Waals surface area contributed by atoms with Crippen molar-refractivity contribution in [2.24, 2.45) is 11.5 Å². The number of anilines is 3. The zero-order valence-electron chi connectivity index (χ0n) is 15.3. The Morgan fingerprint density at radius 3 is 2.46 bits per heavy atom. The van der Waals surface area contributed by atoms with Gasteiger partial charge in [0.05, 0.1) is 16.9 Å². The Bertz CT molecular complexity index is 987. The lowest BCUT2D eigenvalue weighted by Crippen LogP contribution is -2.37. The maximum absolute atomic E-state index is 11.9. The molecule has 144 valence electrons. The van der Waals surface area contributed by atoms with Gasteiger partial charge in [-0.05, 0) is 48.3 Å². The molecule has 1 atom stereocenters. The monoisotopic (exact) mass is 395 g/mol. The van der Waals surface area contributed by atoms with E-state index in [1.54, 1.807) is 18.2 Å². The molecule has 1 unspecified atom stereocenters. The van der Waals surface area contributed by atoms with Gasteiger partial charge in [0.2, 0.25) is 5.91 Å². The van der Waals surface area contributed by atoms with Crippen LogP contribution in [-0.2, 0) is 11.2 Å². The van der Waals surface area contributed by atoms with Gasteiger partial charge < -0.3 is 22.1 Å². The Morgan fingerprint density at radius 2 is 1.86 bits per heavy atom. The fourth-order valence-corrected chi connectivity index (χ4v) is 3.46. The molecule has 28 heavy (non-hydrogen) atoms. The number of nitrogens with zero attached hydrogens (tertiary/aromatic N) is 1. The number of nitrogens with two attached hydrogens (primary N) is 2. The first-order valence-corrected chi connectivity index (χ1v) is 9.43. The summed E-state index contributed by atoms with van der Waals surface area (Å²) in [6.45, 7) is 1.88. The van der Waals surface area contributed by atoms with Crippen molar-refractivity contribution in [3.63, 3.8) is 0 Å². The largest absolute Gasteiger partial charge is 0.373 e. The van der Waals surface area contributed by atoms with Crippen LogP contribution in [0.15, 0.2) is 54.6 Å². The second-order valence-corrected chi connectivity index (χ2v) is 7.18. The molecular weight excluding hydrogens is 374 g/mol. The molecule has 0 saturated heterocycles. The van der Waals surface area contributed by atoms with Crippen molar-refractivity contribution < 1.29 is 9.59 Å². The van der Waals surface area contributed by atoms with E-state index < -0.39 is 17.9 Å².